The van der Waals surface area contributed by atoms with Gasteiger partial charge in [-0.15, -0.1) is 0 Å². The van der Waals surface area contributed by atoms with Gasteiger partial charge < -0.3 is 14.8 Å². The molecule has 0 aliphatic rings. The Labute approximate surface area is 124 Å². The highest BCUT2D eigenvalue weighted by atomic mass is 35.5. The van der Waals surface area contributed by atoms with Gasteiger partial charge in [0.05, 0.1) is 12.1 Å². The summed E-state index contributed by atoms with van der Waals surface area (Å²) in [6.07, 6.45) is 1.09. The quantitative estimate of drug-likeness (QED) is 0.737. The van der Waals surface area contributed by atoms with Crippen LogP contribution in [0.15, 0.2) is 23.7 Å². The fourth-order valence-corrected chi connectivity index (χ4v) is 1.92. The molecule has 0 spiro atoms. The summed E-state index contributed by atoms with van der Waals surface area (Å²) in [6.45, 7) is 7.60. The standard InChI is InChI=1S/C14H19Cl2NO2/c1-4-5-17-8-11-6-12(16)14(13(7-11)18-3)19-9-10(2)15/h6-7,17H,2,4-5,8-9H2,1,3H3. The first-order valence-corrected chi connectivity index (χ1v) is 6.87. The van der Waals surface area contributed by atoms with Crippen molar-refractivity contribution in [1.82, 2.24) is 5.32 Å². The van der Waals surface area contributed by atoms with Crippen LogP contribution < -0.4 is 14.8 Å². The number of halogens is 2. The molecule has 1 rings (SSSR count). The van der Waals surface area contributed by atoms with E-state index in [4.69, 9.17) is 32.7 Å². The van der Waals surface area contributed by atoms with Crippen LogP contribution in [-0.4, -0.2) is 20.3 Å². The third-order valence-electron chi connectivity index (χ3n) is 2.42. The van der Waals surface area contributed by atoms with E-state index in [1.54, 1.807) is 7.11 Å². The zero-order valence-electron chi connectivity index (χ0n) is 11.3. The van der Waals surface area contributed by atoms with Crippen molar-refractivity contribution in [2.24, 2.45) is 0 Å². The van der Waals surface area contributed by atoms with E-state index in [0.717, 1.165) is 25.1 Å². The summed E-state index contributed by atoms with van der Waals surface area (Å²) in [7, 11) is 1.58. The van der Waals surface area contributed by atoms with Gasteiger partial charge in [0, 0.05) is 11.6 Å². The van der Waals surface area contributed by atoms with Crippen LogP contribution >= 0.6 is 23.2 Å². The average molecular weight is 304 g/mol. The fourth-order valence-electron chi connectivity index (χ4n) is 1.58. The summed E-state index contributed by atoms with van der Waals surface area (Å²) in [6, 6.07) is 3.76. The van der Waals surface area contributed by atoms with Crippen molar-refractivity contribution in [3.63, 3.8) is 0 Å². The lowest BCUT2D eigenvalue weighted by atomic mass is 10.2. The van der Waals surface area contributed by atoms with Crippen LogP contribution in [0.5, 0.6) is 11.5 Å². The highest BCUT2D eigenvalue weighted by molar-refractivity contribution is 6.32. The molecule has 1 aromatic rings. The van der Waals surface area contributed by atoms with Crippen LogP contribution in [0.25, 0.3) is 0 Å². The first kappa shape index (κ1) is 16.2. The summed E-state index contributed by atoms with van der Waals surface area (Å²) in [5.41, 5.74) is 1.05. The van der Waals surface area contributed by atoms with E-state index in [1.165, 1.54) is 0 Å². The molecule has 0 aromatic heterocycles. The molecule has 19 heavy (non-hydrogen) atoms. The molecule has 0 atom stereocenters. The lowest BCUT2D eigenvalue weighted by Gasteiger charge is -2.14. The molecule has 0 bridgehead atoms. The maximum atomic E-state index is 6.20. The Bertz CT molecular complexity index is 436. The Balaban J connectivity index is 2.84. The van der Waals surface area contributed by atoms with Crippen molar-refractivity contribution < 1.29 is 9.47 Å². The van der Waals surface area contributed by atoms with E-state index in [1.807, 2.05) is 12.1 Å². The Kier molecular flexibility index (Phi) is 7.06. The molecule has 106 valence electrons. The van der Waals surface area contributed by atoms with Gasteiger partial charge in [-0.1, -0.05) is 36.7 Å². The van der Waals surface area contributed by atoms with Crippen LogP contribution in [0.3, 0.4) is 0 Å². The molecular weight excluding hydrogens is 285 g/mol. The van der Waals surface area contributed by atoms with E-state index in [9.17, 15) is 0 Å². The van der Waals surface area contributed by atoms with Crippen LogP contribution in [0.1, 0.15) is 18.9 Å². The number of hydrogen-bond donors (Lipinski definition) is 1. The molecule has 0 heterocycles. The second-order valence-corrected chi connectivity index (χ2v) is 5.03. The molecule has 0 saturated carbocycles. The Morgan fingerprint density at radius 2 is 2.16 bits per heavy atom. The lowest BCUT2D eigenvalue weighted by Crippen LogP contribution is -2.14. The molecule has 5 heteroatoms. The summed E-state index contributed by atoms with van der Waals surface area (Å²) in [5.74, 6) is 1.09. The highest BCUT2D eigenvalue weighted by Crippen LogP contribution is 2.36. The Morgan fingerprint density at radius 1 is 1.42 bits per heavy atom. The van der Waals surface area contributed by atoms with Crippen molar-refractivity contribution in [3.05, 3.63) is 34.3 Å². The van der Waals surface area contributed by atoms with Gasteiger partial charge in [0.2, 0.25) is 0 Å². The fraction of sp³-hybridized carbons (Fsp3) is 0.429. The first-order valence-electron chi connectivity index (χ1n) is 6.11. The first-order chi connectivity index (χ1) is 9.08. The van der Waals surface area contributed by atoms with Gasteiger partial charge in [-0.2, -0.15) is 0 Å². The second kappa shape index (κ2) is 8.31. The van der Waals surface area contributed by atoms with E-state index in [2.05, 4.69) is 18.8 Å². The van der Waals surface area contributed by atoms with Gasteiger partial charge >= 0.3 is 0 Å². The summed E-state index contributed by atoms with van der Waals surface area (Å²) < 4.78 is 10.8. The third-order valence-corrected chi connectivity index (χ3v) is 2.81. The summed E-state index contributed by atoms with van der Waals surface area (Å²) >= 11 is 11.9. The predicted molar refractivity (Wildman–Crippen MR) is 80.5 cm³/mol. The largest absolute Gasteiger partial charge is 0.493 e. The van der Waals surface area contributed by atoms with E-state index < -0.39 is 0 Å². The SMILES string of the molecule is C=C(Cl)COc1c(Cl)cc(CNCCC)cc1OC. The molecule has 3 nitrogen and oxygen atoms in total. The number of rotatable bonds is 8. The highest BCUT2D eigenvalue weighted by Gasteiger charge is 2.12. The minimum absolute atomic E-state index is 0.199. The molecular formula is C14H19Cl2NO2. The van der Waals surface area contributed by atoms with Crippen molar-refractivity contribution >= 4 is 23.2 Å². The normalized spacial score (nSPS) is 10.3. The minimum Gasteiger partial charge on any atom is -0.493 e. The third kappa shape index (κ3) is 5.31. The molecule has 1 N–H and O–H groups in total. The smallest absolute Gasteiger partial charge is 0.180 e. The number of hydrogen-bond acceptors (Lipinski definition) is 3. The zero-order valence-corrected chi connectivity index (χ0v) is 12.8. The van der Waals surface area contributed by atoms with Crippen molar-refractivity contribution in [1.29, 1.82) is 0 Å². The van der Waals surface area contributed by atoms with Gasteiger partial charge in [0.25, 0.3) is 0 Å². The molecule has 0 aliphatic heterocycles. The molecule has 0 fully saturated rings. The van der Waals surface area contributed by atoms with Crippen molar-refractivity contribution in [2.45, 2.75) is 19.9 Å². The van der Waals surface area contributed by atoms with Gasteiger partial charge in [0.1, 0.15) is 6.61 Å². The van der Waals surface area contributed by atoms with Gasteiger partial charge in [-0.05, 0) is 30.7 Å². The molecule has 0 saturated heterocycles. The number of nitrogens with one attached hydrogen (secondary N) is 1. The van der Waals surface area contributed by atoms with E-state index in [0.29, 0.717) is 21.6 Å². The topological polar surface area (TPSA) is 30.5 Å². The van der Waals surface area contributed by atoms with Crippen LogP contribution in [0, 0.1) is 0 Å². The molecule has 0 amide bonds. The summed E-state index contributed by atoms with van der Waals surface area (Å²) in [5, 5.41) is 4.22. The van der Waals surface area contributed by atoms with Gasteiger partial charge in [-0.3, -0.25) is 0 Å². The Morgan fingerprint density at radius 3 is 2.74 bits per heavy atom. The molecule has 0 aliphatic carbocycles. The predicted octanol–water partition coefficient (Wildman–Crippen LogP) is 3.98. The molecule has 0 radical (unpaired) electrons. The van der Waals surface area contributed by atoms with Crippen molar-refractivity contribution in [3.8, 4) is 11.5 Å². The Hall–Kier alpha value is -0.900. The summed E-state index contributed by atoms with van der Waals surface area (Å²) in [4.78, 5) is 0. The number of methoxy groups -OCH3 is 1. The van der Waals surface area contributed by atoms with Crippen LogP contribution in [0.2, 0.25) is 5.02 Å². The van der Waals surface area contributed by atoms with Crippen LogP contribution in [-0.2, 0) is 6.54 Å². The van der Waals surface area contributed by atoms with Crippen LogP contribution in [0.4, 0.5) is 0 Å². The second-order valence-electron chi connectivity index (χ2n) is 4.09. The molecule has 1 aromatic carbocycles. The average Bonchev–Trinajstić information content (AvgIpc) is 2.37. The number of benzene rings is 1. The van der Waals surface area contributed by atoms with Crippen molar-refractivity contribution in [2.75, 3.05) is 20.3 Å². The monoisotopic (exact) mass is 303 g/mol. The maximum Gasteiger partial charge on any atom is 0.180 e. The number of ether oxygens (including phenoxy) is 2. The lowest BCUT2D eigenvalue weighted by molar-refractivity contribution is 0.324. The van der Waals surface area contributed by atoms with E-state index in [-0.39, 0.29) is 6.61 Å². The van der Waals surface area contributed by atoms with E-state index >= 15 is 0 Å². The van der Waals surface area contributed by atoms with Gasteiger partial charge in [-0.25, -0.2) is 0 Å². The molecule has 0 unspecified atom stereocenters. The maximum absolute atomic E-state index is 6.20. The minimum atomic E-state index is 0.199. The zero-order chi connectivity index (χ0) is 14.3. The van der Waals surface area contributed by atoms with Gasteiger partial charge in [0.15, 0.2) is 11.5 Å².